The van der Waals surface area contributed by atoms with Crippen LogP contribution in [0.25, 0.3) is 0 Å². The maximum Gasteiger partial charge on any atom is 0.187 e. The zero-order chi connectivity index (χ0) is 15.2. The molecule has 1 atom stereocenters. The van der Waals surface area contributed by atoms with Crippen LogP contribution in [0.2, 0.25) is 0 Å². The molecule has 0 aliphatic carbocycles. The first-order valence-electron chi connectivity index (χ1n) is 8.24. The van der Waals surface area contributed by atoms with Gasteiger partial charge >= 0.3 is 0 Å². The van der Waals surface area contributed by atoms with Gasteiger partial charge in [-0.1, -0.05) is 18.2 Å². The van der Waals surface area contributed by atoms with E-state index in [1.165, 1.54) is 37.9 Å². The van der Waals surface area contributed by atoms with Crippen molar-refractivity contribution in [2.45, 2.75) is 37.0 Å². The highest BCUT2D eigenvalue weighted by Gasteiger charge is 2.25. The van der Waals surface area contributed by atoms with E-state index in [9.17, 15) is 0 Å². The molecule has 0 saturated carbocycles. The molecule has 2 aliphatic heterocycles. The average molecular weight is 322 g/mol. The third kappa shape index (κ3) is 4.41. The predicted octanol–water partition coefficient (Wildman–Crippen LogP) is 1.89. The van der Waals surface area contributed by atoms with Gasteiger partial charge in [0.25, 0.3) is 0 Å². The van der Waals surface area contributed by atoms with Gasteiger partial charge in [0.2, 0.25) is 0 Å². The van der Waals surface area contributed by atoms with Gasteiger partial charge in [0.05, 0.1) is 13.2 Å². The number of piperidine rings is 1. The van der Waals surface area contributed by atoms with Gasteiger partial charge in [0.15, 0.2) is 5.16 Å². The fourth-order valence-electron chi connectivity index (χ4n) is 3.32. The number of thioether (sulfide) groups is 1. The Morgan fingerprint density at radius 1 is 1.18 bits per heavy atom. The topological polar surface area (TPSA) is 41.5 Å². The molecular formula is C16H26N4OS. The van der Waals surface area contributed by atoms with Crippen molar-refractivity contribution in [2.24, 2.45) is 0 Å². The third-order valence-electron chi connectivity index (χ3n) is 4.57. The summed E-state index contributed by atoms with van der Waals surface area (Å²) in [7, 11) is 0. The Labute approximate surface area is 137 Å². The summed E-state index contributed by atoms with van der Waals surface area (Å²) in [5.74, 6) is 0. The molecule has 2 fully saturated rings. The summed E-state index contributed by atoms with van der Waals surface area (Å²) in [6.07, 6.45) is 9.95. The van der Waals surface area contributed by atoms with Crippen LogP contribution in [0.4, 0.5) is 0 Å². The standard InChI is InChI=1S/C16H26N4OS/c1-22-16-17-10-14(11-18-16)12-20-5-3-2-4-15(20)13-19-6-8-21-9-7-19/h10-11,15H,2-9,12-13H2,1H3/t15-/m1/s1. The molecule has 6 heteroatoms. The number of morpholine rings is 1. The molecule has 3 rings (SSSR count). The average Bonchev–Trinajstić information content (AvgIpc) is 2.58. The maximum absolute atomic E-state index is 5.46. The summed E-state index contributed by atoms with van der Waals surface area (Å²) < 4.78 is 5.46. The minimum absolute atomic E-state index is 0.659. The molecular weight excluding hydrogens is 296 g/mol. The third-order valence-corrected chi connectivity index (χ3v) is 5.15. The largest absolute Gasteiger partial charge is 0.379 e. The second kappa shape index (κ2) is 8.24. The lowest BCUT2D eigenvalue weighted by molar-refractivity contribution is 0.0152. The molecule has 0 radical (unpaired) electrons. The van der Waals surface area contributed by atoms with E-state index in [2.05, 4.69) is 19.8 Å². The highest BCUT2D eigenvalue weighted by molar-refractivity contribution is 7.98. The number of hydrogen-bond donors (Lipinski definition) is 0. The van der Waals surface area contributed by atoms with Crippen LogP contribution in [0, 0.1) is 0 Å². The molecule has 1 aromatic rings. The van der Waals surface area contributed by atoms with Gasteiger partial charge in [-0.25, -0.2) is 9.97 Å². The zero-order valence-corrected chi connectivity index (χ0v) is 14.2. The van der Waals surface area contributed by atoms with Gasteiger partial charge in [-0.15, -0.1) is 0 Å². The fourth-order valence-corrected chi connectivity index (χ4v) is 3.64. The number of hydrogen-bond acceptors (Lipinski definition) is 6. The highest BCUT2D eigenvalue weighted by Crippen LogP contribution is 2.21. The minimum atomic E-state index is 0.659. The van der Waals surface area contributed by atoms with Crippen LogP contribution in [0.3, 0.4) is 0 Å². The molecule has 0 N–H and O–H groups in total. The molecule has 2 aliphatic rings. The van der Waals surface area contributed by atoms with Crippen molar-refractivity contribution >= 4 is 11.8 Å². The molecule has 0 aromatic carbocycles. The van der Waals surface area contributed by atoms with Gasteiger partial charge in [0.1, 0.15) is 0 Å². The van der Waals surface area contributed by atoms with Gasteiger partial charge in [-0.2, -0.15) is 0 Å². The van der Waals surface area contributed by atoms with Crippen LogP contribution < -0.4 is 0 Å². The molecule has 3 heterocycles. The van der Waals surface area contributed by atoms with E-state index in [1.807, 2.05) is 18.6 Å². The van der Waals surface area contributed by atoms with Crippen molar-refractivity contribution in [2.75, 3.05) is 45.6 Å². The Morgan fingerprint density at radius 2 is 1.95 bits per heavy atom. The quantitative estimate of drug-likeness (QED) is 0.609. The number of nitrogens with zero attached hydrogens (tertiary/aromatic N) is 4. The lowest BCUT2D eigenvalue weighted by atomic mass is 10.0. The smallest absolute Gasteiger partial charge is 0.187 e. The Kier molecular flexibility index (Phi) is 6.06. The first-order chi connectivity index (χ1) is 10.8. The Hall–Kier alpha value is -0.690. The molecule has 122 valence electrons. The summed E-state index contributed by atoms with van der Waals surface area (Å²) >= 11 is 1.59. The number of ether oxygens (including phenoxy) is 1. The second-order valence-corrected chi connectivity index (χ2v) is 6.88. The van der Waals surface area contributed by atoms with E-state index >= 15 is 0 Å². The molecule has 0 unspecified atom stereocenters. The summed E-state index contributed by atoms with van der Waals surface area (Å²) in [4.78, 5) is 14.0. The van der Waals surface area contributed by atoms with E-state index < -0.39 is 0 Å². The summed E-state index contributed by atoms with van der Waals surface area (Å²) in [5.41, 5.74) is 1.23. The zero-order valence-electron chi connectivity index (χ0n) is 13.4. The van der Waals surface area contributed by atoms with Crippen LogP contribution in [0.15, 0.2) is 17.6 Å². The van der Waals surface area contributed by atoms with E-state index in [0.29, 0.717) is 6.04 Å². The Morgan fingerprint density at radius 3 is 2.68 bits per heavy atom. The minimum Gasteiger partial charge on any atom is -0.379 e. The van der Waals surface area contributed by atoms with Crippen LogP contribution in [-0.4, -0.2) is 71.5 Å². The van der Waals surface area contributed by atoms with Crippen LogP contribution >= 0.6 is 11.8 Å². The van der Waals surface area contributed by atoms with Crippen LogP contribution in [0.1, 0.15) is 24.8 Å². The predicted molar refractivity (Wildman–Crippen MR) is 89.1 cm³/mol. The van der Waals surface area contributed by atoms with Gasteiger partial charge in [0, 0.05) is 50.2 Å². The van der Waals surface area contributed by atoms with Gasteiger partial charge in [-0.05, 0) is 25.6 Å². The lowest BCUT2D eigenvalue weighted by Crippen LogP contribution is -2.49. The second-order valence-electron chi connectivity index (χ2n) is 6.11. The Balaban J connectivity index is 1.58. The number of likely N-dealkylation sites (tertiary alicyclic amines) is 1. The lowest BCUT2D eigenvalue weighted by Gasteiger charge is -2.39. The maximum atomic E-state index is 5.46. The van der Waals surface area contributed by atoms with E-state index in [4.69, 9.17) is 4.74 Å². The van der Waals surface area contributed by atoms with E-state index in [1.54, 1.807) is 11.8 Å². The molecule has 0 spiro atoms. The number of aromatic nitrogens is 2. The van der Waals surface area contributed by atoms with E-state index in [0.717, 1.165) is 38.0 Å². The van der Waals surface area contributed by atoms with E-state index in [-0.39, 0.29) is 0 Å². The van der Waals surface area contributed by atoms with Crippen LogP contribution in [-0.2, 0) is 11.3 Å². The van der Waals surface area contributed by atoms with Crippen molar-refractivity contribution < 1.29 is 4.74 Å². The molecule has 22 heavy (non-hydrogen) atoms. The monoisotopic (exact) mass is 322 g/mol. The summed E-state index contributed by atoms with van der Waals surface area (Å²) in [6.45, 7) is 7.27. The van der Waals surface area contributed by atoms with Gasteiger partial charge in [-0.3, -0.25) is 9.80 Å². The summed E-state index contributed by atoms with van der Waals surface area (Å²) in [5, 5.41) is 0.854. The Bertz CT molecular complexity index is 450. The van der Waals surface area contributed by atoms with Crippen molar-refractivity contribution in [3.05, 3.63) is 18.0 Å². The van der Waals surface area contributed by atoms with Crippen LogP contribution in [0.5, 0.6) is 0 Å². The normalized spacial score (nSPS) is 24.5. The molecule has 0 amide bonds. The van der Waals surface area contributed by atoms with Crippen molar-refractivity contribution in [1.29, 1.82) is 0 Å². The van der Waals surface area contributed by atoms with Gasteiger partial charge < -0.3 is 4.74 Å². The van der Waals surface area contributed by atoms with Crippen molar-refractivity contribution in [3.63, 3.8) is 0 Å². The molecule has 1 aromatic heterocycles. The first-order valence-corrected chi connectivity index (χ1v) is 9.46. The van der Waals surface area contributed by atoms with Crippen molar-refractivity contribution in [1.82, 2.24) is 19.8 Å². The molecule has 0 bridgehead atoms. The number of rotatable bonds is 5. The molecule has 2 saturated heterocycles. The first kappa shape index (κ1) is 16.2. The summed E-state index contributed by atoms with van der Waals surface area (Å²) in [6, 6.07) is 0.659. The SMILES string of the molecule is CSc1ncc(CN2CCCC[C@@H]2CN2CCOCC2)cn1. The fraction of sp³-hybridized carbons (Fsp3) is 0.750. The van der Waals surface area contributed by atoms with Crippen molar-refractivity contribution in [3.8, 4) is 0 Å². The highest BCUT2D eigenvalue weighted by atomic mass is 32.2. The molecule has 5 nitrogen and oxygen atoms in total.